The average molecular weight is 316 g/mol. The number of terminal acetylenes is 1. The van der Waals surface area contributed by atoms with Crippen LogP contribution in [-0.4, -0.2) is 18.7 Å². The van der Waals surface area contributed by atoms with E-state index in [1.807, 2.05) is 0 Å². The van der Waals surface area contributed by atoms with E-state index in [9.17, 15) is 9.59 Å². The molecule has 0 aliphatic heterocycles. The summed E-state index contributed by atoms with van der Waals surface area (Å²) in [4.78, 5) is 23.2. The largest absolute Gasteiger partial charge is 0.514 e. The van der Waals surface area contributed by atoms with Crippen LogP contribution in [0, 0.1) is 18.3 Å². The fourth-order valence-corrected chi connectivity index (χ4v) is 2.63. The molecule has 0 heterocycles. The number of esters is 1. The lowest BCUT2D eigenvalue weighted by Gasteiger charge is -2.09. The summed E-state index contributed by atoms with van der Waals surface area (Å²) in [6.07, 6.45) is 10.3. The van der Waals surface area contributed by atoms with Crippen molar-refractivity contribution in [2.45, 2.75) is 38.5 Å². The van der Waals surface area contributed by atoms with Gasteiger partial charge in [-0.05, 0) is 24.5 Å². The Hall–Kier alpha value is -2.48. The molecule has 0 radical (unpaired) electrons. The van der Waals surface area contributed by atoms with Gasteiger partial charge in [0.2, 0.25) is 0 Å². The van der Waals surface area contributed by atoms with E-state index in [4.69, 9.17) is 15.9 Å². The van der Waals surface area contributed by atoms with Gasteiger partial charge in [-0.25, -0.2) is 4.79 Å². The number of carbonyl (C=O) groups is 2. The maximum absolute atomic E-state index is 11.9. The highest BCUT2D eigenvalue weighted by molar-refractivity contribution is 5.72. The molecule has 0 spiro atoms. The van der Waals surface area contributed by atoms with Crippen LogP contribution in [0.1, 0.15) is 38.5 Å². The molecule has 23 heavy (non-hydrogen) atoms. The van der Waals surface area contributed by atoms with Crippen molar-refractivity contribution in [3.63, 3.8) is 0 Å². The van der Waals surface area contributed by atoms with Gasteiger partial charge in [-0.2, -0.15) is 0 Å². The molecular formula is C18H20O5. The summed E-state index contributed by atoms with van der Waals surface area (Å²) in [6.45, 7) is -0.158. The SMILES string of the molecule is C#CCOC(=O)Oc1cccc(OC(=O)CCC2CCCC2)c1. The Balaban J connectivity index is 1.80. The standard InChI is InChI=1S/C18H20O5/c1-2-12-21-18(20)23-16-9-5-8-15(13-16)22-17(19)11-10-14-6-3-4-7-14/h1,5,8-9,13-14H,3-4,6-7,10-12H2. The summed E-state index contributed by atoms with van der Waals surface area (Å²) in [7, 11) is 0. The number of carbonyl (C=O) groups excluding carboxylic acids is 2. The lowest BCUT2D eigenvalue weighted by atomic mass is 10.0. The van der Waals surface area contributed by atoms with Crippen molar-refractivity contribution in [3.8, 4) is 23.8 Å². The van der Waals surface area contributed by atoms with Gasteiger partial charge >= 0.3 is 12.1 Å². The maximum Gasteiger partial charge on any atom is 0.514 e. The van der Waals surface area contributed by atoms with Crippen LogP contribution >= 0.6 is 0 Å². The van der Waals surface area contributed by atoms with E-state index in [0.29, 0.717) is 18.1 Å². The third-order valence-electron chi connectivity index (χ3n) is 3.74. The quantitative estimate of drug-likeness (QED) is 0.346. The molecule has 1 aliphatic rings. The minimum absolute atomic E-state index is 0.158. The molecule has 5 heteroatoms. The van der Waals surface area contributed by atoms with Crippen molar-refractivity contribution in [3.05, 3.63) is 24.3 Å². The van der Waals surface area contributed by atoms with E-state index < -0.39 is 6.16 Å². The fraction of sp³-hybridized carbons (Fsp3) is 0.444. The second-order valence-electron chi connectivity index (χ2n) is 5.48. The van der Waals surface area contributed by atoms with Crippen molar-refractivity contribution < 1.29 is 23.8 Å². The van der Waals surface area contributed by atoms with Gasteiger partial charge in [-0.3, -0.25) is 4.79 Å². The second-order valence-corrected chi connectivity index (χ2v) is 5.48. The normalized spacial score (nSPS) is 14.0. The van der Waals surface area contributed by atoms with Crippen LogP contribution in [0.25, 0.3) is 0 Å². The number of benzene rings is 1. The zero-order valence-electron chi connectivity index (χ0n) is 13.0. The zero-order chi connectivity index (χ0) is 16.5. The van der Waals surface area contributed by atoms with Gasteiger partial charge < -0.3 is 14.2 Å². The predicted octanol–water partition coefficient (Wildman–Crippen LogP) is 3.71. The van der Waals surface area contributed by atoms with Crippen LogP contribution in [0.3, 0.4) is 0 Å². The minimum atomic E-state index is -0.896. The summed E-state index contributed by atoms with van der Waals surface area (Å²) in [5.41, 5.74) is 0. The highest BCUT2D eigenvalue weighted by Crippen LogP contribution is 2.29. The Kier molecular flexibility index (Phi) is 6.49. The van der Waals surface area contributed by atoms with Crippen LogP contribution < -0.4 is 9.47 Å². The first-order valence-electron chi connectivity index (χ1n) is 7.76. The second kappa shape index (κ2) is 8.84. The maximum atomic E-state index is 11.9. The summed E-state index contributed by atoms with van der Waals surface area (Å²) in [5.74, 6) is 3.10. The number of hydrogen-bond acceptors (Lipinski definition) is 5. The number of ether oxygens (including phenoxy) is 3. The lowest BCUT2D eigenvalue weighted by molar-refractivity contribution is -0.134. The van der Waals surface area contributed by atoms with Crippen LogP contribution in [0.5, 0.6) is 11.5 Å². The van der Waals surface area contributed by atoms with Crippen LogP contribution in [0.4, 0.5) is 4.79 Å². The molecule has 0 unspecified atom stereocenters. The van der Waals surface area contributed by atoms with Gasteiger partial charge in [0, 0.05) is 12.5 Å². The Morgan fingerprint density at radius 3 is 2.57 bits per heavy atom. The first kappa shape index (κ1) is 16.9. The predicted molar refractivity (Wildman–Crippen MR) is 84.1 cm³/mol. The van der Waals surface area contributed by atoms with E-state index in [1.165, 1.54) is 31.7 Å². The van der Waals surface area contributed by atoms with Crippen molar-refractivity contribution in [2.24, 2.45) is 5.92 Å². The van der Waals surface area contributed by atoms with E-state index in [1.54, 1.807) is 18.2 Å². The topological polar surface area (TPSA) is 61.8 Å². The molecule has 2 rings (SSSR count). The highest BCUT2D eigenvalue weighted by atomic mass is 16.7. The Morgan fingerprint density at radius 2 is 1.87 bits per heavy atom. The molecule has 1 fully saturated rings. The summed E-state index contributed by atoms with van der Waals surface area (Å²) in [5, 5.41) is 0. The summed E-state index contributed by atoms with van der Waals surface area (Å²) < 4.78 is 14.8. The van der Waals surface area contributed by atoms with Gasteiger partial charge in [-0.1, -0.05) is 37.7 Å². The third kappa shape index (κ3) is 6.03. The van der Waals surface area contributed by atoms with Gasteiger partial charge in [0.1, 0.15) is 11.5 Å². The summed E-state index contributed by atoms with van der Waals surface area (Å²) >= 11 is 0. The molecule has 1 aliphatic carbocycles. The fourth-order valence-electron chi connectivity index (χ4n) is 2.63. The van der Waals surface area contributed by atoms with Crippen molar-refractivity contribution in [2.75, 3.05) is 6.61 Å². The molecule has 0 amide bonds. The summed E-state index contributed by atoms with van der Waals surface area (Å²) in [6, 6.07) is 6.29. The molecule has 1 aromatic carbocycles. The van der Waals surface area contributed by atoms with Crippen molar-refractivity contribution in [1.29, 1.82) is 0 Å². The smallest absolute Gasteiger partial charge is 0.426 e. The Bertz CT molecular complexity index is 581. The van der Waals surface area contributed by atoms with E-state index in [2.05, 4.69) is 10.7 Å². The van der Waals surface area contributed by atoms with Crippen LogP contribution in [0.15, 0.2) is 24.3 Å². The number of hydrogen-bond donors (Lipinski definition) is 0. The van der Waals surface area contributed by atoms with Gasteiger partial charge in [-0.15, -0.1) is 6.42 Å². The van der Waals surface area contributed by atoms with E-state index in [-0.39, 0.29) is 18.3 Å². The Morgan fingerprint density at radius 1 is 1.17 bits per heavy atom. The third-order valence-corrected chi connectivity index (χ3v) is 3.74. The van der Waals surface area contributed by atoms with Crippen LogP contribution in [0.2, 0.25) is 0 Å². The van der Waals surface area contributed by atoms with Crippen molar-refractivity contribution in [1.82, 2.24) is 0 Å². The van der Waals surface area contributed by atoms with E-state index in [0.717, 1.165) is 6.42 Å². The molecular weight excluding hydrogens is 296 g/mol. The molecule has 0 N–H and O–H groups in total. The van der Waals surface area contributed by atoms with Crippen LogP contribution in [-0.2, 0) is 9.53 Å². The van der Waals surface area contributed by atoms with E-state index >= 15 is 0 Å². The molecule has 0 bridgehead atoms. The molecule has 1 aromatic rings. The van der Waals surface area contributed by atoms with Gasteiger partial charge in [0.15, 0.2) is 6.61 Å². The average Bonchev–Trinajstić information content (AvgIpc) is 3.05. The molecule has 5 nitrogen and oxygen atoms in total. The minimum Gasteiger partial charge on any atom is -0.426 e. The first-order chi connectivity index (χ1) is 11.2. The lowest BCUT2D eigenvalue weighted by Crippen LogP contribution is -2.11. The molecule has 0 aromatic heterocycles. The number of rotatable bonds is 6. The van der Waals surface area contributed by atoms with Gasteiger partial charge in [0.25, 0.3) is 0 Å². The molecule has 0 saturated heterocycles. The monoisotopic (exact) mass is 316 g/mol. The first-order valence-corrected chi connectivity index (χ1v) is 7.76. The zero-order valence-corrected chi connectivity index (χ0v) is 13.0. The highest BCUT2D eigenvalue weighted by Gasteiger charge is 2.17. The Labute approximate surface area is 135 Å². The molecule has 122 valence electrons. The van der Waals surface area contributed by atoms with Crippen molar-refractivity contribution >= 4 is 12.1 Å². The molecule has 0 atom stereocenters. The van der Waals surface area contributed by atoms with Gasteiger partial charge in [0.05, 0.1) is 0 Å². The molecule has 1 saturated carbocycles.